The molecule has 0 atom stereocenters. The molecule has 6 nitrogen and oxygen atoms in total. The van der Waals surface area contributed by atoms with Crippen molar-refractivity contribution in [1.29, 1.82) is 0 Å². The number of pyridine rings is 1. The number of hydrogen-bond acceptors (Lipinski definition) is 4. The maximum absolute atomic E-state index is 14.1. The fraction of sp³-hybridized carbons (Fsp3) is 0.538. The molecule has 124 valence electrons. The van der Waals surface area contributed by atoms with E-state index in [9.17, 15) is 8.78 Å². The van der Waals surface area contributed by atoms with E-state index in [2.05, 4.69) is 9.98 Å². The first kappa shape index (κ1) is 18.8. The molecule has 0 aliphatic carbocycles. The maximum Gasteiger partial charge on any atom is 0.309 e. The SMILES string of the molecule is COc1cccc(C(F)(F)CN=C(N)N2CCOCC2)n1.I. The molecule has 0 radical (unpaired) electrons. The molecule has 1 aliphatic rings. The zero-order chi connectivity index (χ0) is 15.3. The molecule has 0 amide bonds. The highest BCUT2D eigenvalue weighted by Gasteiger charge is 2.33. The number of methoxy groups -OCH3 is 1. The third kappa shape index (κ3) is 4.90. The zero-order valence-corrected chi connectivity index (χ0v) is 14.5. The fourth-order valence-electron chi connectivity index (χ4n) is 1.89. The summed E-state index contributed by atoms with van der Waals surface area (Å²) >= 11 is 0. The summed E-state index contributed by atoms with van der Waals surface area (Å²) in [5.41, 5.74) is 5.34. The minimum atomic E-state index is -3.20. The van der Waals surface area contributed by atoms with Gasteiger partial charge >= 0.3 is 5.92 Å². The molecule has 1 saturated heterocycles. The van der Waals surface area contributed by atoms with E-state index in [4.69, 9.17) is 15.2 Å². The standard InChI is InChI=1S/C13H18F2N4O2.HI/c1-20-11-4-2-3-10(18-11)13(14,15)9-17-12(16)19-5-7-21-8-6-19;/h2-4H,5-9H2,1H3,(H2,16,17);1H. The number of aromatic nitrogens is 1. The van der Waals surface area contributed by atoms with Gasteiger partial charge in [-0.15, -0.1) is 24.0 Å². The van der Waals surface area contributed by atoms with Crippen LogP contribution in [0.5, 0.6) is 5.88 Å². The average molecular weight is 428 g/mol. The van der Waals surface area contributed by atoms with Crippen LogP contribution in [-0.2, 0) is 10.7 Å². The number of alkyl halides is 2. The average Bonchev–Trinajstić information content (AvgIpc) is 2.53. The third-order valence-corrected chi connectivity index (χ3v) is 3.08. The Hall–Kier alpha value is -1.23. The van der Waals surface area contributed by atoms with Gasteiger partial charge in [0.1, 0.15) is 12.2 Å². The molecule has 0 aromatic carbocycles. The molecule has 1 aliphatic heterocycles. The van der Waals surface area contributed by atoms with Crippen molar-refractivity contribution < 1.29 is 18.3 Å². The Morgan fingerprint density at radius 2 is 2.14 bits per heavy atom. The minimum absolute atomic E-state index is 0. The Balaban J connectivity index is 0.00000242. The molecule has 2 heterocycles. The van der Waals surface area contributed by atoms with Gasteiger partial charge in [0.15, 0.2) is 5.96 Å². The molecule has 1 fully saturated rings. The maximum atomic E-state index is 14.1. The Labute approximate surface area is 144 Å². The third-order valence-electron chi connectivity index (χ3n) is 3.08. The predicted octanol–water partition coefficient (Wildman–Crippen LogP) is 1.45. The summed E-state index contributed by atoms with van der Waals surface area (Å²) in [5, 5.41) is 0. The Kier molecular flexibility index (Phi) is 7.20. The largest absolute Gasteiger partial charge is 0.481 e. The summed E-state index contributed by atoms with van der Waals surface area (Å²) in [6.07, 6.45) is 0. The van der Waals surface area contributed by atoms with Gasteiger partial charge < -0.3 is 20.1 Å². The van der Waals surface area contributed by atoms with Crippen LogP contribution in [0, 0.1) is 0 Å². The number of ether oxygens (including phenoxy) is 2. The molecule has 0 spiro atoms. The summed E-state index contributed by atoms with van der Waals surface area (Å²) < 4.78 is 38.2. The molecule has 2 rings (SSSR count). The highest BCUT2D eigenvalue weighted by Crippen LogP contribution is 2.27. The van der Waals surface area contributed by atoms with E-state index in [0.717, 1.165) is 0 Å². The lowest BCUT2D eigenvalue weighted by atomic mass is 10.2. The van der Waals surface area contributed by atoms with Crippen LogP contribution in [0.2, 0.25) is 0 Å². The predicted molar refractivity (Wildman–Crippen MR) is 89.0 cm³/mol. The van der Waals surface area contributed by atoms with Crippen LogP contribution < -0.4 is 10.5 Å². The van der Waals surface area contributed by atoms with Crippen molar-refractivity contribution in [1.82, 2.24) is 9.88 Å². The minimum Gasteiger partial charge on any atom is -0.481 e. The Morgan fingerprint density at radius 3 is 2.77 bits per heavy atom. The second-order valence-electron chi connectivity index (χ2n) is 4.54. The van der Waals surface area contributed by atoms with Crippen LogP contribution in [-0.4, -0.2) is 55.8 Å². The van der Waals surface area contributed by atoms with Crippen molar-refractivity contribution >= 4 is 29.9 Å². The van der Waals surface area contributed by atoms with Crippen molar-refractivity contribution in [2.45, 2.75) is 5.92 Å². The van der Waals surface area contributed by atoms with Crippen LogP contribution in [0.25, 0.3) is 0 Å². The molecule has 0 unspecified atom stereocenters. The number of halogens is 3. The molecule has 9 heteroatoms. The first-order valence-electron chi connectivity index (χ1n) is 6.55. The monoisotopic (exact) mass is 428 g/mol. The first-order chi connectivity index (χ1) is 10.0. The van der Waals surface area contributed by atoms with Gasteiger partial charge in [-0.05, 0) is 6.07 Å². The van der Waals surface area contributed by atoms with Gasteiger partial charge in [-0.25, -0.2) is 9.98 Å². The summed E-state index contributed by atoms with van der Waals surface area (Å²) in [4.78, 5) is 9.24. The number of rotatable bonds is 4. The van der Waals surface area contributed by atoms with Crippen LogP contribution in [0.1, 0.15) is 5.69 Å². The highest BCUT2D eigenvalue weighted by molar-refractivity contribution is 14.0. The van der Waals surface area contributed by atoms with Crippen molar-refractivity contribution in [3.05, 3.63) is 23.9 Å². The fourth-order valence-corrected chi connectivity index (χ4v) is 1.89. The number of morpholine rings is 1. The number of nitrogens with zero attached hydrogens (tertiary/aromatic N) is 3. The highest BCUT2D eigenvalue weighted by atomic mass is 127. The number of aliphatic imine (C=N–C) groups is 1. The molecule has 0 saturated carbocycles. The van der Waals surface area contributed by atoms with Crippen molar-refractivity contribution in [2.24, 2.45) is 10.7 Å². The lowest BCUT2D eigenvalue weighted by Gasteiger charge is -2.27. The van der Waals surface area contributed by atoms with E-state index in [-0.39, 0.29) is 41.5 Å². The zero-order valence-electron chi connectivity index (χ0n) is 12.2. The normalized spacial score (nSPS) is 16.1. The Bertz CT molecular complexity index is 511. The topological polar surface area (TPSA) is 73.0 Å². The van der Waals surface area contributed by atoms with E-state index in [0.29, 0.717) is 26.3 Å². The van der Waals surface area contributed by atoms with Crippen LogP contribution in [0.3, 0.4) is 0 Å². The van der Waals surface area contributed by atoms with Gasteiger partial charge in [-0.1, -0.05) is 6.07 Å². The quantitative estimate of drug-likeness (QED) is 0.447. The lowest BCUT2D eigenvalue weighted by molar-refractivity contribution is 0.000909. The van der Waals surface area contributed by atoms with Gasteiger partial charge in [0, 0.05) is 19.2 Å². The number of guanidine groups is 1. The molecule has 22 heavy (non-hydrogen) atoms. The van der Waals surface area contributed by atoms with Gasteiger partial charge in [0.2, 0.25) is 5.88 Å². The van der Waals surface area contributed by atoms with Crippen molar-refractivity contribution in [2.75, 3.05) is 40.0 Å². The summed E-state index contributed by atoms with van der Waals surface area (Å²) in [6, 6.07) is 4.21. The Morgan fingerprint density at radius 1 is 1.45 bits per heavy atom. The number of nitrogens with two attached hydrogens (primary N) is 1. The first-order valence-corrected chi connectivity index (χ1v) is 6.55. The molecule has 2 N–H and O–H groups in total. The molecule has 1 aromatic rings. The summed E-state index contributed by atoms with van der Waals surface area (Å²) in [7, 11) is 1.37. The lowest BCUT2D eigenvalue weighted by Crippen LogP contribution is -2.45. The smallest absolute Gasteiger partial charge is 0.309 e. The van der Waals surface area contributed by atoms with E-state index < -0.39 is 12.5 Å². The number of hydrogen-bond donors (Lipinski definition) is 1. The molecular formula is C13H19F2IN4O2. The van der Waals surface area contributed by atoms with E-state index in [1.165, 1.54) is 25.3 Å². The molecular weight excluding hydrogens is 409 g/mol. The van der Waals surface area contributed by atoms with Gasteiger partial charge in [0.05, 0.1) is 20.3 Å². The van der Waals surface area contributed by atoms with Gasteiger partial charge in [0.25, 0.3) is 0 Å². The second-order valence-corrected chi connectivity index (χ2v) is 4.54. The van der Waals surface area contributed by atoms with Gasteiger partial charge in [-0.2, -0.15) is 8.78 Å². The van der Waals surface area contributed by atoms with E-state index in [1.54, 1.807) is 4.90 Å². The molecule has 1 aromatic heterocycles. The van der Waals surface area contributed by atoms with Crippen molar-refractivity contribution in [3.63, 3.8) is 0 Å². The summed E-state index contributed by atoms with van der Waals surface area (Å²) in [5.74, 6) is -2.97. The van der Waals surface area contributed by atoms with E-state index >= 15 is 0 Å². The summed E-state index contributed by atoms with van der Waals surface area (Å²) in [6.45, 7) is 1.39. The van der Waals surface area contributed by atoms with Gasteiger partial charge in [-0.3, -0.25) is 0 Å². The molecule has 0 bridgehead atoms. The van der Waals surface area contributed by atoms with Crippen LogP contribution in [0.15, 0.2) is 23.2 Å². The van der Waals surface area contributed by atoms with Crippen LogP contribution in [0.4, 0.5) is 8.78 Å². The van der Waals surface area contributed by atoms with Crippen molar-refractivity contribution in [3.8, 4) is 5.88 Å². The van der Waals surface area contributed by atoms with Crippen LogP contribution >= 0.6 is 24.0 Å². The van der Waals surface area contributed by atoms with E-state index in [1.807, 2.05) is 0 Å². The second kappa shape index (κ2) is 8.42.